The van der Waals surface area contributed by atoms with Gasteiger partial charge in [-0.15, -0.1) is 12.4 Å². The molecule has 0 radical (unpaired) electrons. The van der Waals surface area contributed by atoms with Crippen molar-refractivity contribution < 1.29 is 0 Å². The lowest BCUT2D eigenvalue weighted by Gasteiger charge is -2.48. The van der Waals surface area contributed by atoms with Crippen LogP contribution in [0.5, 0.6) is 0 Å². The van der Waals surface area contributed by atoms with Crippen LogP contribution in [0.15, 0.2) is 0 Å². The molecule has 3 fully saturated rings. The van der Waals surface area contributed by atoms with Gasteiger partial charge in [-0.3, -0.25) is 4.90 Å². The second-order valence-electron chi connectivity index (χ2n) is 6.35. The van der Waals surface area contributed by atoms with Crippen molar-refractivity contribution in [3.05, 3.63) is 0 Å². The fourth-order valence-electron chi connectivity index (χ4n) is 3.70. The van der Waals surface area contributed by atoms with Gasteiger partial charge in [0, 0.05) is 31.7 Å². The largest absolute Gasteiger partial charge is 0.309 e. The zero-order valence-corrected chi connectivity index (χ0v) is 11.2. The maximum atomic E-state index is 3.76. The van der Waals surface area contributed by atoms with E-state index in [0.717, 1.165) is 12.1 Å². The Morgan fingerprint density at radius 2 is 1.75 bits per heavy atom. The molecule has 0 aromatic carbocycles. The number of fused-ring (bicyclic) bond motifs is 2. The summed E-state index contributed by atoms with van der Waals surface area (Å²) in [7, 11) is 0. The van der Waals surface area contributed by atoms with Crippen molar-refractivity contribution in [3.63, 3.8) is 0 Å². The van der Waals surface area contributed by atoms with Crippen molar-refractivity contribution in [1.82, 2.24) is 10.2 Å². The monoisotopic (exact) mass is 244 g/mol. The lowest BCUT2D eigenvalue weighted by Crippen LogP contribution is -2.60. The summed E-state index contributed by atoms with van der Waals surface area (Å²) in [6, 6.07) is 1.61. The van der Waals surface area contributed by atoms with E-state index in [0.29, 0.717) is 5.41 Å². The SMILES string of the molecule is CC1(CN2CC3CCCC(C2)N3)CCC1.Cl. The summed E-state index contributed by atoms with van der Waals surface area (Å²) < 4.78 is 0. The van der Waals surface area contributed by atoms with E-state index in [9.17, 15) is 0 Å². The van der Waals surface area contributed by atoms with Crippen molar-refractivity contribution in [2.45, 2.75) is 57.5 Å². The van der Waals surface area contributed by atoms with Gasteiger partial charge in [0.1, 0.15) is 0 Å². The van der Waals surface area contributed by atoms with Crippen LogP contribution in [-0.2, 0) is 0 Å². The molecule has 94 valence electrons. The fraction of sp³-hybridized carbons (Fsp3) is 1.00. The fourth-order valence-corrected chi connectivity index (χ4v) is 3.70. The average molecular weight is 245 g/mol. The minimum Gasteiger partial charge on any atom is -0.309 e. The molecular formula is C13H25ClN2. The predicted molar refractivity (Wildman–Crippen MR) is 70.2 cm³/mol. The maximum absolute atomic E-state index is 3.76. The van der Waals surface area contributed by atoms with E-state index in [2.05, 4.69) is 17.1 Å². The molecule has 1 N–H and O–H groups in total. The van der Waals surface area contributed by atoms with Crippen LogP contribution in [-0.4, -0.2) is 36.6 Å². The van der Waals surface area contributed by atoms with Crippen LogP contribution in [0.25, 0.3) is 0 Å². The van der Waals surface area contributed by atoms with Crippen LogP contribution >= 0.6 is 12.4 Å². The molecule has 0 amide bonds. The number of hydrogen-bond donors (Lipinski definition) is 1. The van der Waals surface area contributed by atoms with E-state index in [4.69, 9.17) is 0 Å². The van der Waals surface area contributed by atoms with Gasteiger partial charge in [-0.05, 0) is 31.1 Å². The molecule has 3 aliphatic rings. The summed E-state index contributed by atoms with van der Waals surface area (Å²) in [5.41, 5.74) is 0.672. The molecule has 0 aromatic rings. The predicted octanol–water partition coefficient (Wildman–Crippen LogP) is 2.42. The molecule has 2 heterocycles. The Kier molecular flexibility index (Phi) is 3.82. The summed E-state index contributed by atoms with van der Waals surface area (Å²) in [6.07, 6.45) is 8.66. The normalized spacial score (nSPS) is 37.3. The number of likely N-dealkylation sites (tertiary alicyclic amines) is 1. The molecule has 1 aliphatic carbocycles. The molecule has 0 spiro atoms. The molecule has 2 nitrogen and oxygen atoms in total. The van der Waals surface area contributed by atoms with Crippen LogP contribution in [0.3, 0.4) is 0 Å². The standard InChI is InChI=1S/C13H24N2.ClH/c1-13(6-3-7-13)10-15-8-11-4-2-5-12(9-15)14-11;/h11-12,14H,2-10H2,1H3;1H. The highest BCUT2D eigenvalue weighted by atomic mass is 35.5. The zero-order valence-electron chi connectivity index (χ0n) is 10.4. The number of nitrogens with one attached hydrogen (secondary N) is 1. The van der Waals surface area contributed by atoms with E-state index in [-0.39, 0.29) is 12.4 Å². The van der Waals surface area contributed by atoms with Gasteiger partial charge in [-0.1, -0.05) is 19.8 Å². The van der Waals surface area contributed by atoms with Crippen molar-refractivity contribution in [2.75, 3.05) is 19.6 Å². The first kappa shape index (κ1) is 12.7. The first-order valence-electron chi connectivity index (χ1n) is 6.72. The van der Waals surface area contributed by atoms with Gasteiger partial charge in [0.15, 0.2) is 0 Å². The van der Waals surface area contributed by atoms with Crippen molar-refractivity contribution in [2.24, 2.45) is 5.41 Å². The third kappa shape index (κ3) is 2.55. The number of piperidine rings is 1. The van der Waals surface area contributed by atoms with Crippen LogP contribution in [0.1, 0.15) is 45.4 Å². The summed E-state index contributed by atoms with van der Waals surface area (Å²) in [4.78, 5) is 2.74. The van der Waals surface area contributed by atoms with E-state index >= 15 is 0 Å². The van der Waals surface area contributed by atoms with Crippen molar-refractivity contribution in [1.29, 1.82) is 0 Å². The Bertz CT molecular complexity index is 228. The highest BCUT2D eigenvalue weighted by Gasteiger charge is 2.37. The first-order chi connectivity index (χ1) is 7.23. The van der Waals surface area contributed by atoms with Gasteiger partial charge >= 0.3 is 0 Å². The van der Waals surface area contributed by atoms with E-state index in [1.54, 1.807) is 0 Å². The summed E-state index contributed by atoms with van der Waals surface area (Å²) >= 11 is 0. The van der Waals surface area contributed by atoms with E-state index in [1.165, 1.54) is 58.2 Å². The Labute approximate surface area is 106 Å². The third-order valence-corrected chi connectivity index (χ3v) is 4.70. The maximum Gasteiger partial charge on any atom is 0.0198 e. The summed E-state index contributed by atoms with van der Waals surface area (Å²) in [5.74, 6) is 0. The number of piperazine rings is 1. The Morgan fingerprint density at radius 1 is 1.12 bits per heavy atom. The highest BCUT2D eigenvalue weighted by Crippen LogP contribution is 2.41. The summed E-state index contributed by atoms with van der Waals surface area (Å²) in [5, 5.41) is 3.76. The highest BCUT2D eigenvalue weighted by molar-refractivity contribution is 5.85. The molecular weight excluding hydrogens is 220 g/mol. The molecule has 2 saturated heterocycles. The van der Waals surface area contributed by atoms with Gasteiger partial charge < -0.3 is 5.32 Å². The third-order valence-electron chi connectivity index (χ3n) is 4.70. The zero-order chi connectivity index (χ0) is 10.3. The van der Waals surface area contributed by atoms with E-state index < -0.39 is 0 Å². The second kappa shape index (κ2) is 4.83. The Hall–Kier alpha value is 0.210. The quantitative estimate of drug-likeness (QED) is 0.803. The Balaban J connectivity index is 0.000000963. The lowest BCUT2D eigenvalue weighted by molar-refractivity contribution is 0.0437. The van der Waals surface area contributed by atoms with Crippen LogP contribution in [0, 0.1) is 5.41 Å². The van der Waals surface area contributed by atoms with Crippen LogP contribution in [0.2, 0.25) is 0 Å². The smallest absolute Gasteiger partial charge is 0.0198 e. The molecule has 16 heavy (non-hydrogen) atoms. The second-order valence-corrected chi connectivity index (χ2v) is 6.35. The Morgan fingerprint density at radius 3 is 2.25 bits per heavy atom. The molecule has 2 atom stereocenters. The van der Waals surface area contributed by atoms with Gasteiger partial charge in [0.2, 0.25) is 0 Å². The van der Waals surface area contributed by atoms with Crippen molar-refractivity contribution in [3.8, 4) is 0 Å². The summed E-state index contributed by atoms with van der Waals surface area (Å²) in [6.45, 7) is 6.47. The average Bonchev–Trinajstić information content (AvgIpc) is 2.15. The van der Waals surface area contributed by atoms with Crippen LogP contribution < -0.4 is 5.32 Å². The minimum atomic E-state index is 0. The molecule has 2 aliphatic heterocycles. The molecule has 2 bridgehead atoms. The minimum absolute atomic E-state index is 0. The number of nitrogens with zero attached hydrogens (tertiary/aromatic N) is 1. The number of rotatable bonds is 2. The van der Waals surface area contributed by atoms with Gasteiger partial charge in [0.05, 0.1) is 0 Å². The first-order valence-corrected chi connectivity index (χ1v) is 6.72. The van der Waals surface area contributed by atoms with E-state index in [1.807, 2.05) is 0 Å². The molecule has 3 heteroatoms. The molecule has 2 unspecified atom stereocenters. The molecule has 1 saturated carbocycles. The number of hydrogen-bond acceptors (Lipinski definition) is 2. The van der Waals surface area contributed by atoms with Crippen LogP contribution in [0.4, 0.5) is 0 Å². The van der Waals surface area contributed by atoms with Gasteiger partial charge in [0.25, 0.3) is 0 Å². The lowest BCUT2D eigenvalue weighted by atomic mass is 9.70. The topological polar surface area (TPSA) is 15.3 Å². The van der Waals surface area contributed by atoms with Crippen molar-refractivity contribution >= 4 is 12.4 Å². The van der Waals surface area contributed by atoms with Gasteiger partial charge in [-0.25, -0.2) is 0 Å². The molecule has 3 rings (SSSR count). The van der Waals surface area contributed by atoms with Gasteiger partial charge in [-0.2, -0.15) is 0 Å². The molecule has 0 aromatic heterocycles. The number of halogens is 1.